The van der Waals surface area contributed by atoms with Gasteiger partial charge in [0.15, 0.2) is 0 Å². The molecule has 0 spiro atoms. The minimum Gasteiger partial charge on any atom is -0.324 e. The summed E-state index contributed by atoms with van der Waals surface area (Å²) in [6.07, 6.45) is 0. The molecule has 4 rings (SSSR count). The zero-order valence-electron chi connectivity index (χ0n) is 16.6. The third-order valence-corrected chi connectivity index (χ3v) is 6.05. The minimum absolute atomic E-state index is 0.0194. The first-order valence-corrected chi connectivity index (χ1v) is 10.9. The molecule has 1 aromatic heterocycles. The van der Waals surface area contributed by atoms with Crippen LogP contribution in [0.25, 0.3) is 0 Å². The van der Waals surface area contributed by atoms with E-state index in [0.717, 1.165) is 54.7 Å². The van der Waals surface area contributed by atoms with E-state index in [9.17, 15) is 4.79 Å². The summed E-state index contributed by atoms with van der Waals surface area (Å²) >= 11 is 1.70. The molecule has 1 fully saturated rings. The average molecular weight is 407 g/mol. The number of para-hydroxylation sites is 1. The standard InChI is InChI=1S/C23H26N4OS/c1-18-24-21(17-29-18)16-26-12-14-27(15-13-26)22(19-8-4-2-5-9-19)23(28)25-20-10-6-3-7-11-20/h2-11,17,22H,12-16H2,1H3,(H,25,28)/t22-/m1/s1. The number of carbonyl (C=O) groups is 1. The number of nitrogens with zero attached hydrogens (tertiary/aromatic N) is 3. The van der Waals surface area contributed by atoms with Crippen molar-refractivity contribution < 1.29 is 4.79 Å². The molecule has 150 valence electrons. The van der Waals surface area contributed by atoms with Crippen LogP contribution >= 0.6 is 11.3 Å². The number of hydrogen-bond acceptors (Lipinski definition) is 5. The van der Waals surface area contributed by atoms with Crippen molar-refractivity contribution in [3.63, 3.8) is 0 Å². The van der Waals surface area contributed by atoms with E-state index in [1.54, 1.807) is 11.3 Å². The van der Waals surface area contributed by atoms with Crippen LogP contribution in [0.5, 0.6) is 0 Å². The van der Waals surface area contributed by atoms with E-state index in [-0.39, 0.29) is 11.9 Å². The quantitative estimate of drug-likeness (QED) is 0.673. The van der Waals surface area contributed by atoms with Crippen molar-refractivity contribution in [2.75, 3.05) is 31.5 Å². The zero-order chi connectivity index (χ0) is 20.1. The molecule has 0 bridgehead atoms. The molecule has 1 aliphatic heterocycles. The molecule has 3 aromatic rings. The highest BCUT2D eigenvalue weighted by Gasteiger charge is 2.30. The van der Waals surface area contributed by atoms with Crippen LogP contribution in [0.1, 0.15) is 22.3 Å². The number of benzene rings is 2. The molecule has 1 saturated heterocycles. The Morgan fingerprint density at radius 2 is 1.69 bits per heavy atom. The lowest BCUT2D eigenvalue weighted by Gasteiger charge is -2.38. The van der Waals surface area contributed by atoms with Gasteiger partial charge in [-0.05, 0) is 24.6 Å². The number of aryl methyl sites for hydroxylation is 1. The van der Waals surface area contributed by atoms with Gasteiger partial charge in [-0.2, -0.15) is 0 Å². The van der Waals surface area contributed by atoms with Crippen LogP contribution in [0.3, 0.4) is 0 Å². The van der Waals surface area contributed by atoms with Crippen molar-refractivity contribution in [2.45, 2.75) is 19.5 Å². The molecule has 5 nitrogen and oxygen atoms in total. The Morgan fingerprint density at radius 3 is 2.31 bits per heavy atom. The van der Waals surface area contributed by atoms with E-state index >= 15 is 0 Å². The molecule has 1 atom stereocenters. The molecule has 1 N–H and O–H groups in total. The summed E-state index contributed by atoms with van der Waals surface area (Å²) in [4.78, 5) is 22.5. The van der Waals surface area contributed by atoms with Gasteiger partial charge in [-0.15, -0.1) is 11.3 Å². The maximum atomic E-state index is 13.2. The van der Waals surface area contributed by atoms with Crippen molar-refractivity contribution in [3.8, 4) is 0 Å². The minimum atomic E-state index is -0.292. The number of amides is 1. The van der Waals surface area contributed by atoms with Crippen molar-refractivity contribution in [2.24, 2.45) is 0 Å². The third-order valence-electron chi connectivity index (χ3n) is 5.23. The monoisotopic (exact) mass is 406 g/mol. The van der Waals surface area contributed by atoms with Crippen LogP contribution in [0.4, 0.5) is 5.69 Å². The highest BCUT2D eigenvalue weighted by molar-refractivity contribution is 7.09. The predicted octanol–water partition coefficient (Wildman–Crippen LogP) is 3.95. The number of anilines is 1. The summed E-state index contributed by atoms with van der Waals surface area (Å²) in [5, 5.41) is 6.34. The molecule has 2 aromatic carbocycles. The summed E-state index contributed by atoms with van der Waals surface area (Å²) in [7, 11) is 0. The zero-order valence-corrected chi connectivity index (χ0v) is 17.4. The molecular formula is C23H26N4OS. The van der Waals surface area contributed by atoms with Gasteiger partial charge in [0, 0.05) is 43.8 Å². The molecule has 2 heterocycles. The molecule has 1 aliphatic rings. The van der Waals surface area contributed by atoms with Crippen LogP contribution in [-0.4, -0.2) is 46.9 Å². The lowest BCUT2D eigenvalue weighted by Crippen LogP contribution is -2.49. The normalized spacial score (nSPS) is 16.4. The van der Waals surface area contributed by atoms with Crippen LogP contribution < -0.4 is 5.32 Å². The number of hydrogen-bond donors (Lipinski definition) is 1. The maximum Gasteiger partial charge on any atom is 0.246 e. The molecule has 29 heavy (non-hydrogen) atoms. The fourth-order valence-corrected chi connectivity index (χ4v) is 4.39. The summed E-state index contributed by atoms with van der Waals surface area (Å²) in [6.45, 7) is 6.49. The first-order valence-electron chi connectivity index (χ1n) is 9.97. The first kappa shape index (κ1) is 19.8. The van der Waals surface area contributed by atoms with Crippen molar-refractivity contribution in [3.05, 3.63) is 82.3 Å². The number of carbonyl (C=O) groups excluding carboxylic acids is 1. The Hall–Kier alpha value is -2.54. The Kier molecular flexibility index (Phi) is 6.34. The van der Waals surface area contributed by atoms with E-state index < -0.39 is 0 Å². The number of aromatic nitrogens is 1. The Morgan fingerprint density at radius 1 is 1.03 bits per heavy atom. The van der Waals surface area contributed by atoms with Crippen LogP contribution in [0.2, 0.25) is 0 Å². The highest BCUT2D eigenvalue weighted by atomic mass is 32.1. The second kappa shape index (κ2) is 9.31. The van der Waals surface area contributed by atoms with Crippen molar-refractivity contribution in [1.82, 2.24) is 14.8 Å². The van der Waals surface area contributed by atoms with Gasteiger partial charge in [0.25, 0.3) is 0 Å². The Bertz CT molecular complexity index is 920. The summed E-state index contributed by atoms with van der Waals surface area (Å²) in [6, 6.07) is 19.5. The van der Waals surface area contributed by atoms with Gasteiger partial charge in [0.1, 0.15) is 6.04 Å². The van der Waals surface area contributed by atoms with E-state index in [0.29, 0.717) is 0 Å². The van der Waals surface area contributed by atoms with Crippen molar-refractivity contribution >= 4 is 22.9 Å². The molecule has 0 unspecified atom stereocenters. The highest BCUT2D eigenvalue weighted by Crippen LogP contribution is 2.25. The fourth-order valence-electron chi connectivity index (χ4n) is 3.79. The smallest absolute Gasteiger partial charge is 0.246 e. The van der Waals surface area contributed by atoms with Gasteiger partial charge in [-0.3, -0.25) is 14.6 Å². The van der Waals surface area contributed by atoms with E-state index in [2.05, 4.69) is 25.5 Å². The molecule has 0 aliphatic carbocycles. The number of nitrogens with one attached hydrogen (secondary N) is 1. The lowest BCUT2D eigenvalue weighted by molar-refractivity contribution is -0.122. The third kappa shape index (κ3) is 5.09. The Labute approximate surface area is 176 Å². The fraction of sp³-hybridized carbons (Fsp3) is 0.304. The van der Waals surface area contributed by atoms with Crippen LogP contribution in [-0.2, 0) is 11.3 Å². The second-order valence-electron chi connectivity index (χ2n) is 7.34. The van der Waals surface area contributed by atoms with E-state index in [1.165, 1.54) is 0 Å². The topological polar surface area (TPSA) is 48.5 Å². The molecule has 0 saturated carbocycles. The maximum absolute atomic E-state index is 13.2. The SMILES string of the molecule is Cc1nc(CN2CCN([C@@H](C(=O)Nc3ccccc3)c3ccccc3)CC2)cs1. The number of thiazole rings is 1. The summed E-state index contributed by atoms with van der Waals surface area (Å²) in [5.74, 6) is 0.0194. The van der Waals surface area contributed by atoms with Gasteiger partial charge in [0.05, 0.1) is 10.7 Å². The van der Waals surface area contributed by atoms with Crippen LogP contribution in [0.15, 0.2) is 66.0 Å². The molecule has 6 heteroatoms. The largest absolute Gasteiger partial charge is 0.324 e. The average Bonchev–Trinajstić information content (AvgIpc) is 3.15. The van der Waals surface area contributed by atoms with Crippen molar-refractivity contribution in [1.29, 1.82) is 0 Å². The molecule has 1 amide bonds. The molecular weight excluding hydrogens is 380 g/mol. The summed E-state index contributed by atoms with van der Waals surface area (Å²) in [5.41, 5.74) is 3.00. The molecule has 0 radical (unpaired) electrons. The van der Waals surface area contributed by atoms with Gasteiger partial charge < -0.3 is 5.32 Å². The van der Waals surface area contributed by atoms with Gasteiger partial charge in [-0.25, -0.2) is 4.98 Å². The second-order valence-corrected chi connectivity index (χ2v) is 8.40. The lowest BCUT2D eigenvalue weighted by atomic mass is 10.0. The van der Waals surface area contributed by atoms with Gasteiger partial charge in [0.2, 0.25) is 5.91 Å². The van der Waals surface area contributed by atoms with E-state index in [4.69, 9.17) is 0 Å². The number of rotatable bonds is 6. The van der Waals surface area contributed by atoms with E-state index in [1.807, 2.05) is 67.6 Å². The number of piperazine rings is 1. The predicted molar refractivity (Wildman–Crippen MR) is 118 cm³/mol. The van der Waals surface area contributed by atoms with Gasteiger partial charge in [-0.1, -0.05) is 48.5 Å². The Balaban J connectivity index is 1.45. The van der Waals surface area contributed by atoms with Crippen LogP contribution in [0, 0.1) is 6.92 Å². The first-order chi connectivity index (χ1) is 14.2. The van der Waals surface area contributed by atoms with Gasteiger partial charge >= 0.3 is 0 Å². The summed E-state index contributed by atoms with van der Waals surface area (Å²) < 4.78 is 0.